The van der Waals surface area contributed by atoms with Crippen LogP contribution in [0.2, 0.25) is 0 Å². The average Bonchev–Trinajstić information content (AvgIpc) is 2.22. The van der Waals surface area contributed by atoms with Crippen molar-refractivity contribution in [1.29, 1.82) is 0 Å². The van der Waals surface area contributed by atoms with Gasteiger partial charge in [0.1, 0.15) is 5.82 Å². The first-order valence-corrected chi connectivity index (χ1v) is 5.20. The fraction of sp³-hybridized carbons (Fsp3) is 0.500. The van der Waals surface area contributed by atoms with Crippen molar-refractivity contribution in [3.63, 3.8) is 0 Å². The number of hydrogen-bond acceptors (Lipinski definition) is 2. The summed E-state index contributed by atoms with van der Waals surface area (Å²) in [5.41, 5.74) is 7.72. The lowest BCUT2D eigenvalue weighted by molar-refractivity contribution is 0.254. The van der Waals surface area contributed by atoms with E-state index in [-0.39, 0.29) is 18.2 Å². The van der Waals surface area contributed by atoms with Gasteiger partial charge in [0.25, 0.3) is 0 Å². The molecule has 0 amide bonds. The van der Waals surface area contributed by atoms with Crippen LogP contribution in [0, 0.1) is 12.7 Å². The van der Waals surface area contributed by atoms with E-state index >= 15 is 0 Å². The standard InChI is InChI=1S/C12H19FN2.ClH/c1-9-4-5-12(13)6-11(9)8-15(3)10(2)7-14;/h4-6,10H,7-8,14H2,1-3H3;1H. The van der Waals surface area contributed by atoms with Gasteiger partial charge in [-0.3, -0.25) is 4.90 Å². The molecule has 0 spiro atoms. The molecule has 1 aromatic rings. The molecule has 1 unspecified atom stereocenters. The number of halogens is 2. The van der Waals surface area contributed by atoms with Gasteiger partial charge in [-0.1, -0.05) is 6.07 Å². The predicted octanol–water partition coefficient (Wildman–Crippen LogP) is 2.33. The van der Waals surface area contributed by atoms with Crippen LogP contribution >= 0.6 is 12.4 Å². The van der Waals surface area contributed by atoms with E-state index in [2.05, 4.69) is 11.8 Å². The van der Waals surface area contributed by atoms with E-state index in [1.165, 1.54) is 6.07 Å². The summed E-state index contributed by atoms with van der Waals surface area (Å²) < 4.78 is 13.0. The summed E-state index contributed by atoms with van der Waals surface area (Å²) in [5.74, 6) is -0.176. The van der Waals surface area contributed by atoms with Crippen LogP contribution in [0.4, 0.5) is 4.39 Å². The Labute approximate surface area is 103 Å². The summed E-state index contributed by atoms with van der Waals surface area (Å²) in [6, 6.07) is 5.21. The smallest absolute Gasteiger partial charge is 0.123 e. The second kappa shape index (κ2) is 6.84. The molecule has 16 heavy (non-hydrogen) atoms. The molecule has 0 saturated heterocycles. The van der Waals surface area contributed by atoms with Gasteiger partial charge in [0.15, 0.2) is 0 Å². The van der Waals surface area contributed by atoms with Crippen molar-refractivity contribution in [3.8, 4) is 0 Å². The van der Waals surface area contributed by atoms with Crippen LogP contribution in [0.3, 0.4) is 0 Å². The summed E-state index contributed by atoms with van der Waals surface area (Å²) in [7, 11) is 2.00. The minimum absolute atomic E-state index is 0. The molecule has 0 radical (unpaired) electrons. The fourth-order valence-electron chi connectivity index (χ4n) is 1.41. The Balaban J connectivity index is 0.00000225. The zero-order valence-electron chi connectivity index (χ0n) is 10.0. The van der Waals surface area contributed by atoms with E-state index in [0.717, 1.165) is 17.7 Å². The van der Waals surface area contributed by atoms with Crippen LogP contribution < -0.4 is 5.73 Å². The van der Waals surface area contributed by atoms with Crippen LogP contribution in [-0.4, -0.2) is 24.5 Å². The average molecular weight is 247 g/mol. The number of benzene rings is 1. The molecule has 92 valence electrons. The van der Waals surface area contributed by atoms with E-state index in [4.69, 9.17) is 5.73 Å². The summed E-state index contributed by atoms with van der Waals surface area (Å²) in [6.07, 6.45) is 0. The van der Waals surface area contributed by atoms with Crippen molar-refractivity contribution >= 4 is 12.4 Å². The summed E-state index contributed by atoms with van der Waals surface area (Å²) in [6.45, 7) is 5.41. The molecule has 4 heteroatoms. The second-order valence-corrected chi connectivity index (χ2v) is 4.07. The molecule has 1 atom stereocenters. The van der Waals surface area contributed by atoms with Gasteiger partial charge >= 0.3 is 0 Å². The van der Waals surface area contributed by atoms with Gasteiger partial charge in [-0.15, -0.1) is 12.4 Å². The maximum atomic E-state index is 13.0. The molecular formula is C12H20ClFN2. The Hall–Kier alpha value is -0.640. The highest BCUT2D eigenvalue weighted by molar-refractivity contribution is 5.85. The first-order valence-electron chi connectivity index (χ1n) is 5.20. The van der Waals surface area contributed by atoms with Crippen molar-refractivity contribution in [1.82, 2.24) is 4.90 Å². The van der Waals surface area contributed by atoms with E-state index in [0.29, 0.717) is 12.6 Å². The lowest BCUT2D eigenvalue weighted by Gasteiger charge is -2.24. The molecule has 0 aliphatic heterocycles. The van der Waals surface area contributed by atoms with Gasteiger partial charge in [0.05, 0.1) is 0 Å². The van der Waals surface area contributed by atoms with Gasteiger partial charge in [0.2, 0.25) is 0 Å². The van der Waals surface area contributed by atoms with E-state index in [9.17, 15) is 4.39 Å². The Morgan fingerprint density at radius 1 is 1.44 bits per heavy atom. The van der Waals surface area contributed by atoms with Gasteiger partial charge < -0.3 is 5.73 Å². The van der Waals surface area contributed by atoms with Gasteiger partial charge in [-0.2, -0.15) is 0 Å². The number of nitrogens with two attached hydrogens (primary N) is 1. The SMILES string of the molecule is Cc1ccc(F)cc1CN(C)C(C)CN.Cl. The van der Waals surface area contributed by atoms with Crippen LogP contribution in [0.1, 0.15) is 18.1 Å². The third kappa shape index (κ3) is 4.08. The van der Waals surface area contributed by atoms with Crippen LogP contribution in [-0.2, 0) is 6.54 Å². The number of rotatable bonds is 4. The molecule has 1 rings (SSSR count). The van der Waals surface area contributed by atoms with Gasteiger partial charge in [-0.25, -0.2) is 4.39 Å². The highest BCUT2D eigenvalue weighted by atomic mass is 35.5. The van der Waals surface area contributed by atoms with Crippen LogP contribution in [0.5, 0.6) is 0 Å². The third-order valence-electron chi connectivity index (χ3n) is 2.82. The Morgan fingerprint density at radius 2 is 2.06 bits per heavy atom. The van der Waals surface area contributed by atoms with Crippen LogP contribution in [0.15, 0.2) is 18.2 Å². The summed E-state index contributed by atoms with van der Waals surface area (Å²) >= 11 is 0. The van der Waals surface area contributed by atoms with Gasteiger partial charge in [-0.05, 0) is 44.2 Å². The molecule has 2 nitrogen and oxygen atoms in total. The van der Waals surface area contributed by atoms with Crippen molar-refractivity contribution in [3.05, 3.63) is 35.1 Å². The van der Waals surface area contributed by atoms with Crippen molar-refractivity contribution in [2.24, 2.45) is 5.73 Å². The normalized spacial score (nSPS) is 12.4. The minimum atomic E-state index is -0.176. The van der Waals surface area contributed by atoms with E-state index in [1.54, 1.807) is 6.07 Å². The summed E-state index contributed by atoms with van der Waals surface area (Å²) in [4.78, 5) is 2.13. The minimum Gasteiger partial charge on any atom is -0.329 e. The first-order chi connectivity index (χ1) is 7.04. The third-order valence-corrected chi connectivity index (χ3v) is 2.82. The fourth-order valence-corrected chi connectivity index (χ4v) is 1.41. The second-order valence-electron chi connectivity index (χ2n) is 4.07. The lowest BCUT2D eigenvalue weighted by atomic mass is 10.1. The molecular weight excluding hydrogens is 227 g/mol. The number of nitrogens with zero attached hydrogens (tertiary/aromatic N) is 1. The monoisotopic (exact) mass is 246 g/mol. The quantitative estimate of drug-likeness (QED) is 0.884. The largest absolute Gasteiger partial charge is 0.329 e. The molecule has 0 saturated carbocycles. The number of likely N-dealkylation sites (N-methyl/N-ethyl adjacent to an activating group) is 1. The topological polar surface area (TPSA) is 29.3 Å². The van der Waals surface area contributed by atoms with Gasteiger partial charge in [0, 0.05) is 19.1 Å². The predicted molar refractivity (Wildman–Crippen MR) is 68.4 cm³/mol. The Morgan fingerprint density at radius 3 is 2.62 bits per heavy atom. The summed E-state index contributed by atoms with van der Waals surface area (Å²) in [5, 5.41) is 0. The van der Waals surface area contributed by atoms with Crippen molar-refractivity contribution in [2.45, 2.75) is 26.4 Å². The number of aryl methyl sites for hydroxylation is 1. The zero-order valence-corrected chi connectivity index (χ0v) is 10.9. The van der Waals surface area contributed by atoms with E-state index in [1.807, 2.05) is 20.0 Å². The maximum absolute atomic E-state index is 13.0. The first kappa shape index (κ1) is 15.4. The lowest BCUT2D eigenvalue weighted by Crippen LogP contribution is -2.34. The molecule has 0 fully saturated rings. The molecule has 0 aliphatic rings. The number of hydrogen-bond donors (Lipinski definition) is 1. The highest BCUT2D eigenvalue weighted by Crippen LogP contribution is 2.13. The molecule has 0 aromatic heterocycles. The Bertz CT molecular complexity index is 331. The van der Waals surface area contributed by atoms with Crippen molar-refractivity contribution < 1.29 is 4.39 Å². The molecule has 0 bridgehead atoms. The van der Waals surface area contributed by atoms with E-state index < -0.39 is 0 Å². The molecule has 2 N–H and O–H groups in total. The molecule has 1 aromatic carbocycles. The zero-order chi connectivity index (χ0) is 11.4. The highest BCUT2D eigenvalue weighted by Gasteiger charge is 2.09. The molecule has 0 aliphatic carbocycles. The Kier molecular flexibility index (Phi) is 6.56. The van der Waals surface area contributed by atoms with Crippen LogP contribution in [0.25, 0.3) is 0 Å². The maximum Gasteiger partial charge on any atom is 0.123 e. The van der Waals surface area contributed by atoms with Crippen molar-refractivity contribution in [2.75, 3.05) is 13.6 Å². The molecule has 0 heterocycles.